The standard InChI is InChI=1S/C15H22BNO3/c1-15(2)10-19-16(20-11-15)14-8-12(5-6-17-14)13-4-3-7-18-9-13/h5-6,8,13H,3-4,7,9-11H2,1-2H3. The molecule has 1 aromatic rings. The average molecular weight is 275 g/mol. The minimum atomic E-state index is -0.326. The number of rotatable bonds is 2. The van der Waals surface area contributed by atoms with Gasteiger partial charge in [0.2, 0.25) is 0 Å². The minimum absolute atomic E-state index is 0.0886. The van der Waals surface area contributed by atoms with Crippen LogP contribution in [0, 0.1) is 5.41 Å². The molecule has 0 spiro atoms. The lowest BCUT2D eigenvalue weighted by atomic mass is 9.78. The Morgan fingerprint density at radius 1 is 1.30 bits per heavy atom. The monoisotopic (exact) mass is 275 g/mol. The third kappa shape index (κ3) is 3.22. The summed E-state index contributed by atoms with van der Waals surface area (Å²) in [4.78, 5) is 4.41. The van der Waals surface area contributed by atoms with E-state index in [0.717, 1.165) is 25.2 Å². The van der Waals surface area contributed by atoms with Crippen LogP contribution < -0.4 is 5.59 Å². The summed E-state index contributed by atoms with van der Waals surface area (Å²) in [6, 6.07) is 4.19. The second-order valence-corrected chi connectivity index (χ2v) is 6.55. The van der Waals surface area contributed by atoms with Crippen molar-refractivity contribution in [3.05, 3.63) is 23.9 Å². The minimum Gasteiger partial charge on any atom is -0.406 e. The molecule has 0 amide bonds. The van der Waals surface area contributed by atoms with E-state index in [4.69, 9.17) is 14.0 Å². The highest BCUT2D eigenvalue weighted by Gasteiger charge is 2.34. The molecule has 5 heteroatoms. The molecule has 1 unspecified atom stereocenters. The molecular formula is C15H22BNO3. The van der Waals surface area contributed by atoms with Gasteiger partial charge in [0.1, 0.15) is 0 Å². The van der Waals surface area contributed by atoms with Crippen LogP contribution in [0.5, 0.6) is 0 Å². The highest BCUT2D eigenvalue weighted by molar-refractivity contribution is 6.60. The molecule has 3 rings (SSSR count). The maximum Gasteiger partial charge on any atom is 0.513 e. The summed E-state index contributed by atoms with van der Waals surface area (Å²) in [5.41, 5.74) is 2.25. The van der Waals surface area contributed by atoms with Crippen LogP contribution in [0.3, 0.4) is 0 Å². The second kappa shape index (κ2) is 5.84. The number of ether oxygens (including phenoxy) is 1. The Bertz CT molecular complexity index is 450. The molecule has 0 aliphatic carbocycles. The molecule has 2 aliphatic rings. The average Bonchev–Trinajstić information content (AvgIpc) is 2.48. The molecule has 108 valence electrons. The quantitative estimate of drug-likeness (QED) is 0.771. The van der Waals surface area contributed by atoms with E-state index in [-0.39, 0.29) is 12.5 Å². The molecule has 20 heavy (non-hydrogen) atoms. The smallest absolute Gasteiger partial charge is 0.406 e. The fraction of sp³-hybridized carbons (Fsp3) is 0.667. The predicted molar refractivity (Wildman–Crippen MR) is 78.1 cm³/mol. The maximum atomic E-state index is 5.81. The summed E-state index contributed by atoms with van der Waals surface area (Å²) in [6.07, 6.45) is 4.17. The molecule has 0 aromatic carbocycles. The van der Waals surface area contributed by atoms with Crippen LogP contribution in [0.1, 0.15) is 38.2 Å². The summed E-state index contributed by atoms with van der Waals surface area (Å²) in [5.74, 6) is 0.477. The van der Waals surface area contributed by atoms with Crippen molar-refractivity contribution >= 4 is 12.7 Å². The van der Waals surface area contributed by atoms with E-state index in [1.54, 1.807) is 0 Å². The molecule has 2 aliphatic heterocycles. The fourth-order valence-corrected chi connectivity index (χ4v) is 2.72. The molecule has 2 saturated heterocycles. The van der Waals surface area contributed by atoms with Crippen LogP contribution in [-0.2, 0) is 14.0 Å². The summed E-state index contributed by atoms with van der Waals surface area (Å²) >= 11 is 0. The Labute approximate surface area is 121 Å². The van der Waals surface area contributed by atoms with Gasteiger partial charge in [0.25, 0.3) is 0 Å². The molecule has 0 radical (unpaired) electrons. The number of hydrogen-bond acceptors (Lipinski definition) is 4. The van der Waals surface area contributed by atoms with Gasteiger partial charge in [-0.2, -0.15) is 0 Å². The molecule has 3 heterocycles. The van der Waals surface area contributed by atoms with Gasteiger partial charge in [-0.25, -0.2) is 0 Å². The van der Waals surface area contributed by atoms with Crippen molar-refractivity contribution < 1.29 is 14.0 Å². The number of hydrogen-bond donors (Lipinski definition) is 0. The summed E-state index contributed by atoms with van der Waals surface area (Å²) in [5, 5.41) is 0. The van der Waals surface area contributed by atoms with E-state index in [1.807, 2.05) is 6.20 Å². The maximum absolute atomic E-state index is 5.81. The Balaban J connectivity index is 1.71. The van der Waals surface area contributed by atoms with Crippen LogP contribution in [0.2, 0.25) is 0 Å². The van der Waals surface area contributed by atoms with Gasteiger partial charge >= 0.3 is 7.12 Å². The van der Waals surface area contributed by atoms with Gasteiger partial charge in [0.05, 0.1) is 12.2 Å². The van der Waals surface area contributed by atoms with Crippen molar-refractivity contribution in [1.82, 2.24) is 4.98 Å². The van der Waals surface area contributed by atoms with E-state index in [1.165, 1.54) is 12.0 Å². The lowest BCUT2D eigenvalue weighted by Gasteiger charge is -2.33. The van der Waals surface area contributed by atoms with Crippen molar-refractivity contribution in [2.45, 2.75) is 32.6 Å². The molecule has 4 nitrogen and oxygen atoms in total. The molecule has 0 bridgehead atoms. The van der Waals surface area contributed by atoms with Gasteiger partial charge in [0, 0.05) is 37.4 Å². The van der Waals surface area contributed by atoms with Gasteiger partial charge in [-0.15, -0.1) is 0 Å². The largest absolute Gasteiger partial charge is 0.513 e. The SMILES string of the molecule is CC1(C)COB(c2cc(C3CCCOC3)ccn2)OC1. The number of pyridine rings is 1. The van der Waals surface area contributed by atoms with Gasteiger partial charge < -0.3 is 14.0 Å². The fourth-order valence-electron chi connectivity index (χ4n) is 2.72. The molecular weight excluding hydrogens is 253 g/mol. The first-order valence-electron chi connectivity index (χ1n) is 7.41. The Morgan fingerprint density at radius 2 is 2.10 bits per heavy atom. The van der Waals surface area contributed by atoms with Crippen LogP contribution in [0.25, 0.3) is 0 Å². The zero-order valence-corrected chi connectivity index (χ0v) is 12.3. The number of aromatic nitrogens is 1. The Morgan fingerprint density at radius 3 is 2.80 bits per heavy atom. The summed E-state index contributed by atoms with van der Waals surface area (Å²) in [7, 11) is -0.326. The van der Waals surface area contributed by atoms with E-state index in [9.17, 15) is 0 Å². The van der Waals surface area contributed by atoms with E-state index in [0.29, 0.717) is 19.1 Å². The van der Waals surface area contributed by atoms with Crippen molar-refractivity contribution in [3.63, 3.8) is 0 Å². The summed E-state index contributed by atoms with van der Waals surface area (Å²) in [6.45, 7) is 7.40. The van der Waals surface area contributed by atoms with Gasteiger partial charge in [-0.05, 0) is 30.5 Å². The van der Waals surface area contributed by atoms with Crippen molar-refractivity contribution in [3.8, 4) is 0 Å². The first-order valence-corrected chi connectivity index (χ1v) is 7.41. The van der Waals surface area contributed by atoms with Crippen LogP contribution >= 0.6 is 0 Å². The Kier molecular flexibility index (Phi) is 4.10. The van der Waals surface area contributed by atoms with Gasteiger partial charge in [0.15, 0.2) is 0 Å². The predicted octanol–water partition coefficient (Wildman–Crippen LogP) is 1.74. The van der Waals surface area contributed by atoms with Crippen molar-refractivity contribution in [1.29, 1.82) is 0 Å². The molecule has 0 N–H and O–H groups in total. The highest BCUT2D eigenvalue weighted by atomic mass is 16.6. The van der Waals surface area contributed by atoms with Crippen LogP contribution in [0.4, 0.5) is 0 Å². The zero-order chi connectivity index (χ0) is 14.0. The van der Waals surface area contributed by atoms with Gasteiger partial charge in [-0.3, -0.25) is 4.98 Å². The van der Waals surface area contributed by atoms with E-state index >= 15 is 0 Å². The Hall–Kier alpha value is -0.905. The second-order valence-electron chi connectivity index (χ2n) is 6.55. The first-order chi connectivity index (χ1) is 9.64. The van der Waals surface area contributed by atoms with E-state index < -0.39 is 0 Å². The van der Waals surface area contributed by atoms with Crippen molar-refractivity contribution in [2.75, 3.05) is 26.4 Å². The third-order valence-corrected chi connectivity index (χ3v) is 3.93. The summed E-state index contributed by atoms with van der Waals surface area (Å²) < 4.78 is 17.2. The lowest BCUT2D eigenvalue weighted by molar-refractivity contribution is 0.0339. The van der Waals surface area contributed by atoms with Gasteiger partial charge in [-0.1, -0.05) is 13.8 Å². The van der Waals surface area contributed by atoms with Crippen molar-refractivity contribution in [2.24, 2.45) is 5.41 Å². The molecule has 0 saturated carbocycles. The lowest BCUT2D eigenvalue weighted by Crippen LogP contribution is -2.48. The molecule has 1 atom stereocenters. The molecule has 1 aromatic heterocycles. The normalized spacial score (nSPS) is 26.5. The first kappa shape index (κ1) is 14.0. The highest BCUT2D eigenvalue weighted by Crippen LogP contribution is 2.25. The van der Waals surface area contributed by atoms with Crippen LogP contribution in [0.15, 0.2) is 18.3 Å². The molecule has 2 fully saturated rings. The zero-order valence-electron chi connectivity index (χ0n) is 12.3. The van der Waals surface area contributed by atoms with E-state index in [2.05, 4.69) is 31.0 Å². The van der Waals surface area contributed by atoms with Crippen LogP contribution in [-0.4, -0.2) is 38.5 Å². The number of nitrogens with zero attached hydrogens (tertiary/aromatic N) is 1. The third-order valence-electron chi connectivity index (χ3n) is 3.93. The topological polar surface area (TPSA) is 40.6 Å².